The third-order valence-corrected chi connectivity index (χ3v) is 7.90. The molecule has 38 heavy (non-hydrogen) atoms. The molecule has 6 nitrogen and oxygen atoms in total. The van der Waals surface area contributed by atoms with Crippen LogP contribution in [-0.4, -0.2) is 22.5 Å². The van der Waals surface area contributed by atoms with Crippen molar-refractivity contribution in [3.8, 4) is 6.07 Å². The van der Waals surface area contributed by atoms with Crippen molar-refractivity contribution in [2.24, 2.45) is 11.1 Å². The number of thiocarbonyl (C=S) groups is 1. The molecule has 2 N–H and O–H groups in total. The highest BCUT2D eigenvalue weighted by molar-refractivity contribution is 7.81. The van der Waals surface area contributed by atoms with Crippen molar-refractivity contribution in [2.75, 3.05) is 9.80 Å². The standard InChI is InChI=1S/C27H26F4N4O2S/c1-15(13-25(2,3)22(33)36)19-8-7-18(12-21(19)28)35-24(38)34(23(37)26(35)9-4-10-26)17-6-5-16(14-32)20(11-17)27(29,30)31/h5-8,11-12,15H,4,9-10,13H2,1-3H3,(H2,33,36). The molecule has 11 heteroatoms. The van der Waals surface area contributed by atoms with E-state index >= 15 is 4.39 Å². The first-order valence-electron chi connectivity index (χ1n) is 12.0. The molecule has 2 aromatic rings. The zero-order valence-corrected chi connectivity index (χ0v) is 21.8. The van der Waals surface area contributed by atoms with Gasteiger partial charge in [-0.25, -0.2) is 4.39 Å². The minimum atomic E-state index is -4.81. The van der Waals surface area contributed by atoms with Gasteiger partial charge in [0, 0.05) is 11.1 Å². The number of anilines is 2. The third kappa shape index (κ3) is 4.41. The molecule has 1 saturated carbocycles. The quantitative estimate of drug-likeness (QED) is 0.366. The number of rotatable bonds is 6. The second-order valence-corrected chi connectivity index (χ2v) is 10.9. The van der Waals surface area contributed by atoms with Gasteiger partial charge in [0.2, 0.25) is 5.91 Å². The number of nitrogens with two attached hydrogens (primary N) is 1. The van der Waals surface area contributed by atoms with Crippen LogP contribution >= 0.6 is 12.2 Å². The largest absolute Gasteiger partial charge is 0.417 e. The van der Waals surface area contributed by atoms with Crippen molar-refractivity contribution in [2.45, 2.75) is 64.1 Å². The van der Waals surface area contributed by atoms with Crippen LogP contribution in [0.3, 0.4) is 0 Å². The fourth-order valence-corrected chi connectivity index (χ4v) is 5.71. The molecule has 200 valence electrons. The van der Waals surface area contributed by atoms with Crippen molar-refractivity contribution >= 4 is 40.5 Å². The van der Waals surface area contributed by atoms with E-state index in [2.05, 4.69) is 0 Å². The number of alkyl halides is 3. The van der Waals surface area contributed by atoms with Crippen LogP contribution in [-0.2, 0) is 15.8 Å². The predicted octanol–water partition coefficient (Wildman–Crippen LogP) is 5.78. The molecule has 0 aromatic heterocycles. The second-order valence-electron chi connectivity index (χ2n) is 10.5. The van der Waals surface area contributed by atoms with Crippen LogP contribution in [0.25, 0.3) is 0 Å². The summed E-state index contributed by atoms with van der Waals surface area (Å²) in [6, 6.07) is 8.96. The fraction of sp³-hybridized carbons (Fsp3) is 0.407. The van der Waals surface area contributed by atoms with Gasteiger partial charge in [-0.1, -0.05) is 26.8 Å². The van der Waals surface area contributed by atoms with Gasteiger partial charge in [0.25, 0.3) is 5.91 Å². The Morgan fingerprint density at radius 1 is 1.18 bits per heavy atom. The van der Waals surface area contributed by atoms with Crippen LogP contribution < -0.4 is 15.5 Å². The van der Waals surface area contributed by atoms with Crippen LogP contribution in [0.4, 0.5) is 28.9 Å². The smallest absolute Gasteiger partial charge is 0.369 e. The molecule has 2 aliphatic rings. The monoisotopic (exact) mass is 546 g/mol. The topological polar surface area (TPSA) is 90.4 Å². The Morgan fingerprint density at radius 3 is 2.32 bits per heavy atom. The van der Waals surface area contributed by atoms with E-state index in [0.717, 1.165) is 17.0 Å². The van der Waals surface area contributed by atoms with Gasteiger partial charge in [-0.3, -0.25) is 14.5 Å². The van der Waals surface area contributed by atoms with E-state index in [1.54, 1.807) is 32.9 Å². The van der Waals surface area contributed by atoms with Crippen molar-refractivity contribution in [1.29, 1.82) is 5.26 Å². The number of carbonyl (C=O) groups excluding carboxylic acids is 2. The van der Waals surface area contributed by atoms with Gasteiger partial charge in [-0.2, -0.15) is 18.4 Å². The molecule has 1 unspecified atom stereocenters. The number of carbonyl (C=O) groups is 2. The zero-order chi connectivity index (χ0) is 28.2. The number of halogens is 4. The molecule has 1 aliphatic heterocycles. The van der Waals surface area contributed by atoms with E-state index in [4.69, 9.17) is 23.2 Å². The fourth-order valence-electron chi connectivity index (χ4n) is 5.24. The number of nitriles is 1. The summed E-state index contributed by atoms with van der Waals surface area (Å²) in [5.41, 5.74) is 2.30. The minimum absolute atomic E-state index is 0.0670. The summed E-state index contributed by atoms with van der Waals surface area (Å²) in [7, 11) is 0. The molecule has 2 amide bonds. The van der Waals surface area contributed by atoms with Crippen LogP contribution in [0.15, 0.2) is 36.4 Å². The lowest BCUT2D eigenvalue weighted by Gasteiger charge is -2.43. The second kappa shape index (κ2) is 9.34. The average Bonchev–Trinajstić information content (AvgIpc) is 3.04. The first-order valence-corrected chi connectivity index (χ1v) is 12.4. The number of nitrogens with zero attached hydrogens (tertiary/aromatic N) is 3. The van der Waals surface area contributed by atoms with E-state index in [-0.39, 0.29) is 16.7 Å². The van der Waals surface area contributed by atoms with Gasteiger partial charge in [0.15, 0.2) is 5.11 Å². The van der Waals surface area contributed by atoms with Gasteiger partial charge in [0.05, 0.1) is 22.9 Å². The average molecular weight is 547 g/mol. The molecule has 1 saturated heterocycles. The van der Waals surface area contributed by atoms with Gasteiger partial charge >= 0.3 is 6.18 Å². The summed E-state index contributed by atoms with van der Waals surface area (Å²) in [4.78, 5) is 27.9. The lowest BCUT2D eigenvalue weighted by atomic mass is 9.75. The maximum absolute atomic E-state index is 15.4. The maximum atomic E-state index is 15.4. The van der Waals surface area contributed by atoms with Crippen molar-refractivity contribution in [3.05, 3.63) is 58.9 Å². The molecular formula is C27H26F4N4O2S. The SMILES string of the molecule is CC(CC(C)(C)C(N)=O)c1ccc(N2C(=S)N(c3ccc(C#N)c(C(F)(F)F)c3)C(=O)C23CCC3)cc1F. The Balaban J connectivity index is 1.72. The highest BCUT2D eigenvalue weighted by Crippen LogP contribution is 2.49. The molecule has 1 spiro atoms. The van der Waals surface area contributed by atoms with E-state index in [0.29, 0.717) is 36.9 Å². The van der Waals surface area contributed by atoms with Crippen LogP contribution in [0.2, 0.25) is 0 Å². The maximum Gasteiger partial charge on any atom is 0.417 e. The Morgan fingerprint density at radius 2 is 1.82 bits per heavy atom. The minimum Gasteiger partial charge on any atom is -0.369 e. The highest BCUT2D eigenvalue weighted by Gasteiger charge is 2.59. The van der Waals surface area contributed by atoms with Crippen molar-refractivity contribution in [3.63, 3.8) is 0 Å². The number of benzene rings is 2. The number of primary amides is 1. The van der Waals surface area contributed by atoms with Crippen molar-refractivity contribution in [1.82, 2.24) is 0 Å². The first kappa shape index (κ1) is 27.5. The van der Waals surface area contributed by atoms with Crippen LogP contribution in [0.5, 0.6) is 0 Å². The Kier molecular flexibility index (Phi) is 6.77. The zero-order valence-electron chi connectivity index (χ0n) is 21.0. The van der Waals surface area contributed by atoms with Crippen molar-refractivity contribution < 1.29 is 27.2 Å². The summed E-state index contributed by atoms with van der Waals surface area (Å²) >= 11 is 5.59. The first-order chi connectivity index (χ1) is 17.6. The number of hydrogen-bond donors (Lipinski definition) is 1. The molecule has 0 radical (unpaired) electrons. The van der Waals surface area contributed by atoms with Gasteiger partial charge in [0.1, 0.15) is 11.4 Å². The predicted molar refractivity (Wildman–Crippen MR) is 138 cm³/mol. The molecule has 0 bridgehead atoms. The molecule has 1 aliphatic carbocycles. The third-order valence-electron chi connectivity index (χ3n) is 7.54. The van der Waals surface area contributed by atoms with Crippen LogP contribution in [0, 0.1) is 22.6 Å². The molecule has 2 fully saturated rings. The lowest BCUT2D eigenvalue weighted by molar-refractivity contribution is -0.137. The number of hydrogen-bond acceptors (Lipinski definition) is 4. The highest BCUT2D eigenvalue weighted by atomic mass is 32.1. The van der Waals surface area contributed by atoms with Crippen LogP contribution in [0.1, 0.15) is 69.1 Å². The Hall–Kier alpha value is -3.52. The van der Waals surface area contributed by atoms with E-state index < -0.39 is 45.9 Å². The van der Waals surface area contributed by atoms with Gasteiger partial charge in [-0.15, -0.1) is 0 Å². The summed E-state index contributed by atoms with van der Waals surface area (Å²) in [6.07, 6.45) is -3.00. The lowest BCUT2D eigenvalue weighted by Crippen LogP contribution is -2.55. The molecule has 1 heterocycles. The van der Waals surface area contributed by atoms with Gasteiger partial charge < -0.3 is 10.6 Å². The van der Waals surface area contributed by atoms with E-state index in [1.165, 1.54) is 23.1 Å². The van der Waals surface area contributed by atoms with Gasteiger partial charge in [-0.05, 0) is 79.7 Å². The Labute approximate surface area is 223 Å². The summed E-state index contributed by atoms with van der Waals surface area (Å²) in [6.45, 7) is 5.16. The normalized spacial score (nSPS) is 17.9. The molecule has 1 atom stereocenters. The molecule has 2 aromatic carbocycles. The summed E-state index contributed by atoms with van der Waals surface area (Å²) < 4.78 is 56.2. The number of amides is 2. The van der Waals surface area contributed by atoms with E-state index in [9.17, 15) is 22.8 Å². The Bertz CT molecular complexity index is 1380. The summed E-state index contributed by atoms with van der Waals surface area (Å²) in [5, 5.41) is 9.05. The molecular weight excluding hydrogens is 520 g/mol. The molecule has 4 rings (SSSR count). The van der Waals surface area contributed by atoms with E-state index in [1.807, 2.05) is 0 Å². The summed E-state index contributed by atoms with van der Waals surface area (Å²) in [5.74, 6) is -1.89.